The molecule has 1 amide bonds. The van der Waals surface area contributed by atoms with Crippen molar-refractivity contribution in [2.24, 2.45) is 0 Å². The predicted molar refractivity (Wildman–Crippen MR) is 134 cm³/mol. The zero-order chi connectivity index (χ0) is 25.6. The molecule has 2 aliphatic rings. The van der Waals surface area contributed by atoms with Gasteiger partial charge in [-0.3, -0.25) is 9.58 Å². The Bertz CT molecular complexity index is 1320. The van der Waals surface area contributed by atoms with Gasteiger partial charge in [-0.1, -0.05) is 0 Å². The van der Waals surface area contributed by atoms with Gasteiger partial charge in [-0.05, 0) is 46.6 Å². The fraction of sp³-hybridized carbons (Fsp3) is 0.538. The summed E-state index contributed by atoms with van der Waals surface area (Å²) in [6.45, 7) is 11.1. The van der Waals surface area contributed by atoms with Gasteiger partial charge in [0.1, 0.15) is 28.5 Å². The molecule has 36 heavy (non-hydrogen) atoms. The number of methoxy groups -OCH3 is 1. The lowest BCUT2D eigenvalue weighted by atomic mass is 9.98. The lowest BCUT2D eigenvalue weighted by Gasteiger charge is -2.47. The van der Waals surface area contributed by atoms with Gasteiger partial charge in [-0.25, -0.2) is 9.31 Å². The third kappa shape index (κ3) is 4.39. The number of pyridine rings is 1. The molecule has 190 valence electrons. The Morgan fingerprint density at radius 2 is 1.94 bits per heavy atom. The quantitative estimate of drug-likeness (QED) is 0.549. The maximum atomic E-state index is 12.5. The second-order valence-corrected chi connectivity index (χ2v) is 10.7. The van der Waals surface area contributed by atoms with Crippen LogP contribution in [0.15, 0.2) is 24.7 Å². The first-order chi connectivity index (χ1) is 17.2. The summed E-state index contributed by atoms with van der Waals surface area (Å²) in [4.78, 5) is 16.8. The second-order valence-electron chi connectivity index (χ2n) is 10.7. The van der Waals surface area contributed by atoms with Crippen LogP contribution in [0.3, 0.4) is 0 Å². The first-order valence-electron chi connectivity index (χ1n) is 12.4. The highest BCUT2D eigenvalue weighted by Gasteiger charge is 2.38. The van der Waals surface area contributed by atoms with Crippen LogP contribution in [0.5, 0.6) is 5.75 Å². The van der Waals surface area contributed by atoms with Crippen molar-refractivity contribution in [3.05, 3.63) is 35.9 Å². The van der Waals surface area contributed by atoms with Crippen LogP contribution in [-0.2, 0) is 4.74 Å². The number of carbonyl (C=O) groups excluding carboxylic acids is 1. The standard InChI is InChI=1S/C26H33N7O3/c1-17-22(18-9-23(35-5)24-19(10-27)11-28-32(24)13-18)12-29-33(17)21-15-31(16-21)20-7-6-8-30(14-20)25(34)36-26(2,3)4/h9,11-13,20-21H,6-8,14-16H2,1-5H3/t20-/m1/s1. The Hall–Kier alpha value is -3.58. The minimum atomic E-state index is -0.481. The zero-order valence-corrected chi connectivity index (χ0v) is 21.6. The number of likely N-dealkylation sites (tertiary alicyclic amines) is 2. The number of rotatable bonds is 4. The van der Waals surface area contributed by atoms with Crippen molar-refractivity contribution >= 4 is 11.6 Å². The van der Waals surface area contributed by atoms with Crippen LogP contribution >= 0.6 is 0 Å². The van der Waals surface area contributed by atoms with Crippen molar-refractivity contribution in [1.29, 1.82) is 5.26 Å². The molecule has 0 N–H and O–H groups in total. The highest BCUT2D eigenvalue weighted by atomic mass is 16.6. The molecule has 2 fully saturated rings. The van der Waals surface area contributed by atoms with Gasteiger partial charge < -0.3 is 14.4 Å². The molecule has 0 unspecified atom stereocenters. The Morgan fingerprint density at radius 1 is 1.17 bits per heavy atom. The third-order valence-electron chi connectivity index (χ3n) is 7.07. The summed E-state index contributed by atoms with van der Waals surface area (Å²) < 4.78 is 14.9. The van der Waals surface area contributed by atoms with Crippen molar-refractivity contribution in [1.82, 2.24) is 29.2 Å². The molecule has 0 bridgehead atoms. The normalized spacial score (nSPS) is 19.2. The predicted octanol–water partition coefficient (Wildman–Crippen LogP) is 3.64. The summed E-state index contributed by atoms with van der Waals surface area (Å²) in [7, 11) is 1.60. The average Bonchev–Trinajstić information content (AvgIpc) is 3.40. The monoisotopic (exact) mass is 491 g/mol. The van der Waals surface area contributed by atoms with E-state index < -0.39 is 5.60 Å². The van der Waals surface area contributed by atoms with Gasteiger partial charge in [0.2, 0.25) is 0 Å². The number of piperidine rings is 1. The van der Waals surface area contributed by atoms with Crippen molar-refractivity contribution in [2.75, 3.05) is 33.3 Å². The van der Waals surface area contributed by atoms with Crippen LogP contribution in [0, 0.1) is 18.3 Å². The van der Waals surface area contributed by atoms with E-state index in [9.17, 15) is 10.1 Å². The summed E-state index contributed by atoms with van der Waals surface area (Å²) in [6.07, 6.45) is 7.20. The van der Waals surface area contributed by atoms with Gasteiger partial charge in [0.25, 0.3) is 0 Å². The molecule has 3 aromatic rings. The summed E-state index contributed by atoms with van der Waals surface area (Å²) in [5, 5.41) is 18.4. The lowest BCUT2D eigenvalue weighted by Crippen LogP contribution is -2.58. The number of aromatic nitrogens is 4. The van der Waals surface area contributed by atoms with Crippen LogP contribution in [0.1, 0.15) is 50.9 Å². The maximum absolute atomic E-state index is 12.5. The topological polar surface area (TPSA) is 101 Å². The van der Waals surface area contributed by atoms with Crippen LogP contribution in [0.2, 0.25) is 0 Å². The van der Waals surface area contributed by atoms with Crippen LogP contribution in [-0.4, -0.2) is 80.2 Å². The van der Waals surface area contributed by atoms with E-state index in [0.29, 0.717) is 29.4 Å². The molecule has 0 saturated carbocycles. The number of carbonyl (C=O) groups is 1. The van der Waals surface area contributed by atoms with E-state index in [1.54, 1.807) is 17.8 Å². The van der Waals surface area contributed by atoms with Gasteiger partial charge in [0.05, 0.1) is 25.5 Å². The van der Waals surface area contributed by atoms with Crippen molar-refractivity contribution in [3.63, 3.8) is 0 Å². The fourth-order valence-electron chi connectivity index (χ4n) is 5.23. The fourth-order valence-corrected chi connectivity index (χ4v) is 5.23. The number of hydrogen-bond acceptors (Lipinski definition) is 7. The summed E-state index contributed by atoms with van der Waals surface area (Å²) in [6, 6.07) is 4.74. The average molecular weight is 492 g/mol. The third-order valence-corrected chi connectivity index (χ3v) is 7.07. The minimum absolute atomic E-state index is 0.219. The van der Waals surface area contributed by atoms with Crippen molar-refractivity contribution < 1.29 is 14.3 Å². The SMILES string of the molecule is COc1cc(-c2cnn(C3CN([C@@H]4CCCN(C(=O)OC(C)(C)C)C4)C3)c2C)cn2ncc(C#N)c12. The first-order valence-corrected chi connectivity index (χ1v) is 12.4. The molecule has 5 heterocycles. The van der Waals surface area contributed by atoms with Gasteiger partial charge >= 0.3 is 6.09 Å². The molecule has 0 radical (unpaired) electrons. The summed E-state index contributed by atoms with van der Waals surface area (Å²) >= 11 is 0. The number of hydrogen-bond donors (Lipinski definition) is 0. The number of amides is 1. The molecule has 10 nitrogen and oxygen atoms in total. The molecular weight excluding hydrogens is 458 g/mol. The second kappa shape index (κ2) is 9.13. The molecule has 2 saturated heterocycles. The molecule has 3 aromatic heterocycles. The number of fused-ring (bicyclic) bond motifs is 1. The van der Waals surface area contributed by atoms with Crippen LogP contribution < -0.4 is 4.74 Å². The van der Waals surface area contributed by atoms with Crippen molar-refractivity contribution in [3.8, 4) is 22.9 Å². The van der Waals surface area contributed by atoms with E-state index in [1.807, 2.05) is 44.1 Å². The molecular formula is C26H33N7O3. The maximum Gasteiger partial charge on any atom is 0.410 e. The Balaban J connectivity index is 1.28. The summed E-state index contributed by atoms with van der Waals surface area (Å²) in [5.41, 5.74) is 3.69. The highest BCUT2D eigenvalue weighted by molar-refractivity contribution is 5.76. The molecule has 5 rings (SSSR count). The van der Waals surface area contributed by atoms with Gasteiger partial charge in [0.15, 0.2) is 0 Å². The van der Waals surface area contributed by atoms with E-state index in [4.69, 9.17) is 14.6 Å². The molecule has 1 atom stereocenters. The van der Waals surface area contributed by atoms with E-state index in [2.05, 4.69) is 27.7 Å². The number of nitrogens with zero attached hydrogens (tertiary/aromatic N) is 7. The van der Waals surface area contributed by atoms with Gasteiger partial charge in [0, 0.05) is 55.2 Å². The number of nitriles is 1. The van der Waals surface area contributed by atoms with Crippen molar-refractivity contribution in [2.45, 2.75) is 58.2 Å². The smallest absolute Gasteiger partial charge is 0.410 e. The molecule has 0 spiro atoms. The molecule has 0 aromatic carbocycles. The Kier molecular flexibility index (Phi) is 6.12. The molecule has 2 aliphatic heterocycles. The van der Waals surface area contributed by atoms with E-state index in [1.165, 1.54) is 0 Å². The van der Waals surface area contributed by atoms with E-state index in [-0.39, 0.29) is 12.1 Å². The first kappa shape index (κ1) is 24.1. The minimum Gasteiger partial charge on any atom is -0.494 e. The largest absolute Gasteiger partial charge is 0.494 e. The molecule has 0 aliphatic carbocycles. The van der Waals surface area contributed by atoms with E-state index in [0.717, 1.165) is 49.3 Å². The van der Waals surface area contributed by atoms with Gasteiger partial charge in [-0.15, -0.1) is 0 Å². The zero-order valence-electron chi connectivity index (χ0n) is 21.6. The highest BCUT2D eigenvalue weighted by Crippen LogP contribution is 2.34. The number of ether oxygens (including phenoxy) is 2. The van der Waals surface area contributed by atoms with Crippen LogP contribution in [0.4, 0.5) is 4.79 Å². The van der Waals surface area contributed by atoms with Gasteiger partial charge in [-0.2, -0.15) is 15.5 Å². The van der Waals surface area contributed by atoms with Crippen LogP contribution in [0.25, 0.3) is 16.6 Å². The Labute approximate surface area is 211 Å². The summed E-state index contributed by atoms with van der Waals surface area (Å²) in [5.74, 6) is 0.607. The van der Waals surface area contributed by atoms with E-state index >= 15 is 0 Å². The lowest BCUT2D eigenvalue weighted by molar-refractivity contribution is -0.00908. The Morgan fingerprint density at radius 3 is 2.64 bits per heavy atom. The molecule has 10 heteroatoms.